The van der Waals surface area contributed by atoms with Gasteiger partial charge in [-0.3, -0.25) is 14.2 Å². The Morgan fingerprint density at radius 3 is 2.61 bits per heavy atom. The van der Waals surface area contributed by atoms with Crippen LogP contribution < -0.4 is 20.5 Å². The van der Waals surface area contributed by atoms with Crippen LogP contribution in [0.25, 0.3) is 21.7 Å². The van der Waals surface area contributed by atoms with Crippen LogP contribution in [0.5, 0.6) is 5.75 Å². The van der Waals surface area contributed by atoms with Gasteiger partial charge in [0.15, 0.2) is 15.5 Å². The number of nitrogens with zero attached hydrogens (tertiary/aromatic N) is 4. The number of carbonyl (C=O) groups is 1. The van der Waals surface area contributed by atoms with E-state index in [1.807, 2.05) is 59.5 Å². The first-order chi connectivity index (χ1) is 20.0. The Balaban J connectivity index is 1.35. The Labute approximate surface area is 240 Å². The van der Waals surface area contributed by atoms with Crippen LogP contribution in [0, 0.1) is 5.82 Å². The number of aromatic nitrogens is 3. The van der Waals surface area contributed by atoms with Gasteiger partial charge in [-0.2, -0.15) is 0 Å². The molecule has 1 aliphatic heterocycles. The molecule has 5 aromatic rings. The van der Waals surface area contributed by atoms with Crippen molar-refractivity contribution >= 4 is 32.7 Å². The van der Waals surface area contributed by atoms with Crippen LogP contribution >= 0.6 is 11.3 Å². The molecule has 3 aromatic carbocycles. The van der Waals surface area contributed by atoms with E-state index >= 15 is 0 Å². The molecule has 1 saturated heterocycles. The average molecular weight is 570 g/mol. The number of thiazole rings is 1. The van der Waals surface area contributed by atoms with Gasteiger partial charge in [0.2, 0.25) is 5.91 Å². The molecule has 1 unspecified atom stereocenters. The summed E-state index contributed by atoms with van der Waals surface area (Å²) in [7, 11) is 1.59. The highest BCUT2D eigenvalue weighted by Gasteiger charge is 2.33. The summed E-state index contributed by atoms with van der Waals surface area (Å²) in [5, 5.41) is 3.61. The van der Waals surface area contributed by atoms with E-state index in [-0.39, 0.29) is 29.6 Å². The average Bonchev–Trinajstić information content (AvgIpc) is 3.66. The van der Waals surface area contributed by atoms with Crippen molar-refractivity contribution in [2.75, 3.05) is 18.6 Å². The quantitative estimate of drug-likeness (QED) is 0.283. The van der Waals surface area contributed by atoms with Crippen LogP contribution in [-0.4, -0.2) is 40.1 Å². The van der Waals surface area contributed by atoms with E-state index in [1.165, 1.54) is 28.0 Å². The van der Waals surface area contributed by atoms with Gasteiger partial charge in [-0.05, 0) is 48.2 Å². The lowest BCUT2D eigenvalue weighted by atomic mass is 10.1. The van der Waals surface area contributed by atoms with E-state index in [0.29, 0.717) is 46.6 Å². The molecule has 1 amide bonds. The zero-order valence-electron chi connectivity index (χ0n) is 22.4. The first kappa shape index (κ1) is 26.6. The summed E-state index contributed by atoms with van der Waals surface area (Å²) in [6.45, 7) is 1.32. The molecule has 208 valence electrons. The molecule has 3 heterocycles. The number of fused-ring (bicyclic) bond motifs is 1. The van der Waals surface area contributed by atoms with Crippen molar-refractivity contribution in [3.63, 3.8) is 0 Å². The first-order valence-corrected chi connectivity index (χ1v) is 14.2. The molecule has 1 N–H and O–H groups in total. The lowest BCUT2D eigenvalue weighted by molar-refractivity contribution is -0.122. The second kappa shape index (κ2) is 11.5. The van der Waals surface area contributed by atoms with Gasteiger partial charge in [-0.1, -0.05) is 65.9 Å². The summed E-state index contributed by atoms with van der Waals surface area (Å²) in [5.74, 6) is 0.568. The number of amides is 1. The molecule has 0 bridgehead atoms. The molecule has 6 rings (SSSR count). The van der Waals surface area contributed by atoms with E-state index in [9.17, 15) is 14.0 Å². The fourth-order valence-electron chi connectivity index (χ4n) is 5.10. The highest BCUT2D eigenvalue weighted by molar-refractivity contribution is 7.21. The van der Waals surface area contributed by atoms with Crippen LogP contribution in [0.2, 0.25) is 0 Å². The third-order valence-corrected chi connectivity index (χ3v) is 8.19. The fourth-order valence-corrected chi connectivity index (χ4v) is 6.11. The highest BCUT2D eigenvalue weighted by Crippen LogP contribution is 2.33. The number of methoxy groups -OCH3 is 1. The van der Waals surface area contributed by atoms with Gasteiger partial charge in [0.05, 0.1) is 13.7 Å². The largest absolute Gasteiger partial charge is 0.497 e. The van der Waals surface area contributed by atoms with Crippen LogP contribution in [0.3, 0.4) is 0 Å². The molecule has 0 aliphatic carbocycles. The van der Waals surface area contributed by atoms with Crippen molar-refractivity contribution in [2.45, 2.75) is 32.0 Å². The minimum Gasteiger partial charge on any atom is -0.497 e. The topological polar surface area (TPSA) is 89.3 Å². The van der Waals surface area contributed by atoms with E-state index in [4.69, 9.17) is 14.7 Å². The Bertz CT molecular complexity index is 1750. The number of anilines is 1. The number of ether oxygens (including phenoxy) is 1. The molecular weight excluding hydrogens is 541 g/mol. The van der Waals surface area contributed by atoms with Crippen LogP contribution in [0.1, 0.15) is 24.0 Å². The van der Waals surface area contributed by atoms with E-state index in [0.717, 1.165) is 17.5 Å². The number of halogens is 1. The van der Waals surface area contributed by atoms with Gasteiger partial charge in [0, 0.05) is 18.7 Å². The summed E-state index contributed by atoms with van der Waals surface area (Å²) in [6, 6.07) is 22.8. The predicted molar refractivity (Wildman–Crippen MR) is 158 cm³/mol. The van der Waals surface area contributed by atoms with Gasteiger partial charge in [0.25, 0.3) is 5.56 Å². The maximum absolute atomic E-state index is 14.2. The maximum Gasteiger partial charge on any atom is 0.281 e. The first-order valence-electron chi connectivity index (χ1n) is 13.4. The van der Waals surface area contributed by atoms with Crippen molar-refractivity contribution in [3.05, 3.63) is 106 Å². The lowest BCUT2D eigenvalue weighted by Gasteiger charge is -2.23. The Morgan fingerprint density at radius 1 is 1.05 bits per heavy atom. The third-order valence-electron chi connectivity index (χ3n) is 7.20. The second-order valence-electron chi connectivity index (χ2n) is 9.89. The molecular formula is C31H28FN5O3S. The highest BCUT2D eigenvalue weighted by atomic mass is 32.1. The van der Waals surface area contributed by atoms with Crippen LogP contribution in [0.15, 0.2) is 83.7 Å². The van der Waals surface area contributed by atoms with E-state index in [2.05, 4.69) is 5.32 Å². The Kier molecular flexibility index (Phi) is 7.47. The molecule has 0 radical (unpaired) electrons. The van der Waals surface area contributed by atoms with Crippen LogP contribution in [-0.2, 0) is 17.9 Å². The standard InChI is InChI=1S/C31H28FN5O3S/c1-40-24-14-12-21(13-15-24)19-37-27(22-9-5-10-23(32)17-22)35-29-26(30(37)39)34-31(41-29)36-16-6-11-25(36)28(38)33-18-20-7-3-2-4-8-20/h2-5,7-10,12-15,17,25H,6,11,16,18-19H2,1H3,(H,33,38). The number of carbonyl (C=O) groups excluding carboxylic acids is 1. The molecule has 0 spiro atoms. The van der Waals surface area contributed by atoms with E-state index in [1.54, 1.807) is 19.2 Å². The number of hydrogen-bond acceptors (Lipinski definition) is 7. The molecule has 1 fully saturated rings. The Hall–Kier alpha value is -4.57. The summed E-state index contributed by atoms with van der Waals surface area (Å²) in [4.78, 5) is 39.0. The van der Waals surface area contributed by atoms with Gasteiger partial charge < -0.3 is 15.0 Å². The number of hydrogen-bond donors (Lipinski definition) is 1. The summed E-state index contributed by atoms with van der Waals surface area (Å²) in [6.07, 6.45) is 1.53. The van der Waals surface area contributed by atoms with Crippen molar-refractivity contribution in [3.8, 4) is 17.1 Å². The van der Waals surface area contributed by atoms with Gasteiger partial charge in [0.1, 0.15) is 23.4 Å². The molecule has 41 heavy (non-hydrogen) atoms. The van der Waals surface area contributed by atoms with Gasteiger partial charge >= 0.3 is 0 Å². The molecule has 8 nitrogen and oxygen atoms in total. The number of benzene rings is 3. The third kappa shape index (κ3) is 5.55. The molecule has 0 saturated carbocycles. The van der Waals surface area contributed by atoms with Gasteiger partial charge in [-0.25, -0.2) is 14.4 Å². The monoisotopic (exact) mass is 569 g/mol. The van der Waals surface area contributed by atoms with Crippen molar-refractivity contribution < 1.29 is 13.9 Å². The SMILES string of the molecule is COc1ccc(Cn2c(-c3cccc(F)c3)nc3sc(N4CCCC4C(=O)NCc4ccccc4)nc3c2=O)cc1. The van der Waals surface area contributed by atoms with Crippen molar-refractivity contribution in [1.29, 1.82) is 0 Å². The second-order valence-corrected chi connectivity index (χ2v) is 10.8. The predicted octanol–water partition coefficient (Wildman–Crippen LogP) is 5.00. The molecule has 1 atom stereocenters. The lowest BCUT2D eigenvalue weighted by Crippen LogP contribution is -2.43. The number of nitrogens with one attached hydrogen (secondary N) is 1. The smallest absolute Gasteiger partial charge is 0.281 e. The van der Waals surface area contributed by atoms with Crippen molar-refractivity contribution in [2.24, 2.45) is 0 Å². The van der Waals surface area contributed by atoms with Gasteiger partial charge in [-0.15, -0.1) is 0 Å². The minimum absolute atomic E-state index is 0.0732. The Morgan fingerprint density at radius 2 is 1.85 bits per heavy atom. The maximum atomic E-state index is 14.2. The van der Waals surface area contributed by atoms with Crippen molar-refractivity contribution in [1.82, 2.24) is 19.9 Å². The minimum atomic E-state index is -0.417. The summed E-state index contributed by atoms with van der Waals surface area (Å²) in [5.41, 5.74) is 2.28. The molecule has 1 aliphatic rings. The molecule has 2 aromatic heterocycles. The summed E-state index contributed by atoms with van der Waals surface area (Å²) >= 11 is 1.28. The zero-order valence-corrected chi connectivity index (χ0v) is 23.2. The number of rotatable bonds is 8. The van der Waals surface area contributed by atoms with Crippen LogP contribution in [0.4, 0.5) is 9.52 Å². The normalized spacial score (nSPS) is 14.9. The van der Waals surface area contributed by atoms with E-state index < -0.39 is 5.82 Å². The molecule has 10 heteroatoms. The fraction of sp³-hybridized carbons (Fsp3) is 0.226. The summed E-state index contributed by atoms with van der Waals surface area (Å²) < 4.78 is 21.0. The zero-order chi connectivity index (χ0) is 28.3.